The van der Waals surface area contributed by atoms with Crippen molar-refractivity contribution >= 4 is 6.09 Å². The van der Waals surface area contributed by atoms with Crippen molar-refractivity contribution in [3.05, 3.63) is 34.9 Å². The van der Waals surface area contributed by atoms with E-state index >= 15 is 0 Å². The molecule has 4 nitrogen and oxygen atoms in total. The van der Waals surface area contributed by atoms with Gasteiger partial charge in [-0.15, -0.1) is 0 Å². The molecule has 1 aliphatic rings. The molecular formula is C15H19F2NO3. The Bertz CT molecular complexity index is 552. The first-order valence-corrected chi connectivity index (χ1v) is 6.71. The highest BCUT2D eigenvalue weighted by Crippen LogP contribution is 2.37. The van der Waals surface area contributed by atoms with E-state index in [1.54, 1.807) is 26.8 Å². The van der Waals surface area contributed by atoms with E-state index < -0.39 is 24.2 Å². The molecule has 0 atom stereocenters. The fourth-order valence-corrected chi connectivity index (χ4v) is 2.24. The first-order chi connectivity index (χ1) is 9.62. The van der Waals surface area contributed by atoms with Gasteiger partial charge in [0.05, 0.1) is 13.2 Å². The zero-order valence-corrected chi connectivity index (χ0v) is 12.3. The van der Waals surface area contributed by atoms with Crippen LogP contribution >= 0.6 is 0 Å². The van der Waals surface area contributed by atoms with Crippen LogP contribution in [-0.4, -0.2) is 28.2 Å². The molecule has 0 bridgehead atoms. The summed E-state index contributed by atoms with van der Waals surface area (Å²) in [4.78, 5) is 13.0. The summed E-state index contributed by atoms with van der Waals surface area (Å²) in [6.45, 7) is 4.13. The predicted octanol–water partition coefficient (Wildman–Crippen LogP) is 3.02. The molecule has 6 heteroatoms. The van der Waals surface area contributed by atoms with Crippen molar-refractivity contribution in [3.8, 4) is 0 Å². The van der Waals surface area contributed by atoms with Crippen molar-refractivity contribution in [1.82, 2.24) is 4.90 Å². The zero-order chi connectivity index (χ0) is 15.8. The summed E-state index contributed by atoms with van der Waals surface area (Å²) < 4.78 is 33.6. The minimum Gasteiger partial charge on any atom is -0.444 e. The fourth-order valence-electron chi connectivity index (χ4n) is 2.24. The van der Waals surface area contributed by atoms with E-state index in [2.05, 4.69) is 0 Å². The fraction of sp³-hybridized carbons (Fsp3) is 0.533. The quantitative estimate of drug-likeness (QED) is 0.867. The lowest BCUT2D eigenvalue weighted by Gasteiger charge is -2.35. The second-order valence-corrected chi connectivity index (χ2v) is 6.19. The Morgan fingerprint density at radius 3 is 2.67 bits per heavy atom. The highest BCUT2D eigenvalue weighted by atomic mass is 19.3. The second kappa shape index (κ2) is 5.26. The topological polar surface area (TPSA) is 49.8 Å². The third-order valence-electron chi connectivity index (χ3n) is 3.15. The number of benzene rings is 1. The first-order valence-electron chi connectivity index (χ1n) is 6.71. The predicted molar refractivity (Wildman–Crippen MR) is 72.9 cm³/mol. The van der Waals surface area contributed by atoms with E-state index in [0.717, 1.165) is 4.90 Å². The molecule has 0 saturated heterocycles. The van der Waals surface area contributed by atoms with Crippen molar-refractivity contribution in [2.75, 3.05) is 6.54 Å². The molecule has 1 aromatic carbocycles. The number of carbonyl (C=O) groups excluding carboxylic acids is 1. The largest absolute Gasteiger partial charge is 0.444 e. The summed E-state index contributed by atoms with van der Waals surface area (Å²) in [7, 11) is 0. The van der Waals surface area contributed by atoms with E-state index in [1.807, 2.05) is 0 Å². The van der Waals surface area contributed by atoms with E-state index in [0.29, 0.717) is 11.1 Å². The molecule has 0 aromatic heterocycles. The molecule has 1 amide bonds. The number of aliphatic hydroxyl groups excluding tert-OH is 1. The van der Waals surface area contributed by atoms with E-state index in [-0.39, 0.29) is 18.7 Å². The van der Waals surface area contributed by atoms with E-state index in [4.69, 9.17) is 9.84 Å². The van der Waals surface area contributed by atoms with Gasteiger partial charge in [0, 0.05) is 12.1 Å². The summed E-state index contributed by atoms with van der Waals surface area (Å²) in [5.74, 6) is -3.16. The number of hydrogen-bond acceptors (Lipinski definition) is 3. The third-order valence-corrected chi connectivity index (χ3v) is 3.15. The third kappa shape index (κ3) is 3.50. The van der Waals surface area contributed by atoms with Crippen molar-refractivity contribution < 1.29 is 23.4 Å². The number of rotatable bonds is 1. The monoisotopic (exact) mass is 299 g/mol. The maximum absolute atomic E-state index is 14.2. The minimum absolute atomic E-state index is 0.0749. The van der Waals surface area contributed by atoms with E-state index in [9.17, 15) is 13.6 Å². The van der Waals surface area contributed by atoms with Crippen LogP contribution in [0.1, 0.15) is 37.5 Å². The maximum atomic E-state index is 14.2. The smallest absolute Gasteiger partial charge is 0.410 e. The van der Waals surface area contributed by atoms with Crippen molar-refractivity contribution in [2.24, 2.45) is 0 Å². The number of nitrogens with zero attached hydrogens (tertiary/aromatic N) is 1. The maximum Gasteiger partial charge on any atom is 0.410 e. The van der Waals surface area contributed by atoms with Crippen LogP contribution < -0.4 is 0 Å². The molecule has 0 radical (unpaired) electrons. The molecule has 2 rings (SSSR count). The Balaban J connectivity index is 2.27. The number of carbonyl (C=O) groups is 1. The lowest BCUT2D eigenvalue weighted by Crippen LogP contribution is -2.45. The Morgan fingerprint density at radius 1 is 1.43 bits per heavy atom. The van der Waals surface area contributed by atoms with E-state index in [1.165, 1.54) is 12.1 Å². The Kier molecular flexibility index (Phi) is 3.93. The molecule has 21 heavy (non-hydrogen) atoms. The van der Waals surface area contributed by atoms with Crippen LogP contribution in [0.5, 0.6) is 0 Å². The number of fused-ring (bicyclic) bond motifs is 1. The van der Waals surface area contributed by atoms with Crippen molar-refractivity contribution in [2.45, 2.75) is 45.4 Å². The van der Waals surface area contributed by atoms with Crippen LogP contribution in [0.3, 0.4) is 0 Å². The molecule has 0 aliphatic carbocycles. The van der Waals surface area contributed by atoms with Gasteiger partial charge in [0.2, 0.25) is 0 Å². The summed E-state index contributed by atoms with van der Waals surface area (Å²) in [6, 6.07) is 4.39. The molecule has 0 spiro atoms. The molecule has 0 saturated carbocycles. The average Bonchev–Trinajstić information content (AvgIpc) is 2.35. The molecule has 1 heterocycles. The summed E-state index contributed by atoms with van der Waals surface area (Å²) in [6.07, 6.45) is -0.751. The zero-order valence-electron chi connectivity index (χ0n) is 12.3. The van der Waals surface area contributed by atoms with Crippen LogP contribution in [0.25, 0.3) is 0 Å². The average molecular weight is 299 g/mol. The van der Waals surface area contributed by atoms with Gasteiger partial charge in [-0.2, -0.15) is 8.78 Å². The highest BCUT2D eigenvalue weighted by Gasteiger charge is 2.43. The van der Waals surface area contributed by atoms with Crippen LogP contribution in [-0.2, 0) is 23.8 Å². The molecule has 0 fully saturated rings. The van der Waals surface area contributed by atoms with Gasteiger partial charge in [0.1, 0.15) is 5.60 Å². The molecule has 1 aliphatic heterocycles. The Morgan fingerprint density at radius 2 is 2.10 bits per heavy atom. The normalized spacial score (nSPS) is 17.3. The first kappa shape index (κ1) is 15.7. The van der Waals surface area contributed by atoms with Gasteiger partial charge >= 0.3 is 6.09 Å². The summed E-state index contributed by atoms with van der Waals surface area (Å²) in [5.41, 5.74) is -0.0600. The van der Waals surface area contributed by atoms with Crippen LogP contribution in [0.4, 0.5) is 13.6 Å². The summed E-state index contributed by atoms with van der Waals surface area (Å²) in [5, 5.41) is 9.05. The number of hydrogen-bond donors (Lipinski definition) is 1. The van der Waals surface area contributed by atoms with Gasteiger partial charge in [-0.1, -0.05) is 12.1 Å². The van der Waals surface area contributed by atoms with Gasteiger partial charge in [-0.05, 0) is 38.0 Å². The molecule has 1 aromatic rings. The lowest BCUT2D eigenvalue weighted by atomic mass is 9.94. The van der Waals surface area contributed by atoms with Gasteiger partial charge in [0.25, 0.3) is 5.92 Å². The van der Waals surface area contributed by atoms with Gasteiger partial charge < -0.3 is 9.84 Å². The Labute approximate surface area is 122 Å². The van der Waals surface area contributed by atoms with Crippen LogP contribution in [0.2, 0.25) is 0 Å². The minimum atomic E-state index is -3.16. The van der Waals surface area contributed by atoms with Gasteiger partial charge in [-0.3, -0.25) is 4.90 Å². The van der Waals surface area contributed by atoms with Crippen molar-refractivity contribution in [1.29, 1.82) is 0 Å². The standard InChI is InChI=1S/C15H19F2NO3/c1-14(2,3)21-13(20)18-7-11-5-4-10(8-19)6-12(11)15(16,17)9-18/h4-6,19H,7-9H2,1-3H3. The van der Waals surface area contributed by atoms with Gasteiger partial charge in [-0.25, -0.2) is 4.79 Å². The van der Waals surface area contributed by atoms with Gasteiger partial charge in [0.15, 0.2) is 0 Å². The molecular weight excluding hydrogens is 280 g/mol. The number of alkyl halides is 2. The molecule has 116 valence electrons. The lowest BCUT2D eigenvalue weighted by molar-refractivity contribution is -0.0592. The second-order valence-electron chi connectivity index (χ2n) is 6.19. The Hall–Kier alpha value is -1.69. The highest BCUT2D eigenvalue weighted by molar-refractivity contribution is 5.69. The van der Waals surface area contributed by atoms with Crippen molar-refractivity contribution in [3.63, 3.8) is 0 Å². The number of ether oxygens (including phenoxy) is 1. The van der Waals surface area contributed by atoms with Crippen LogP contribution in [0.15, 0.2) is 18.2 Å². The number of halogens is 2. The number of aliphatic hydroxyl groups is 1. The van der Waals surface area contributed by atoms with Crippen LogP contribution in [0, 0.1) is 0 Å². The molecule has 1 N–H and O–H groups in total. The number of amides is 1. The summed E-state index contributed by atoms with van der Waals surface area (Å²) >= 11 is 0. The SMILES string of the molecule is CC(C)(C)OC(=O)N1Cc2ccc(CO)cc2C(F)(F)C1. The molecule has 0 unspecified atom stereocenters.